The molecule has 0 atom stereocenters. The lowest BCUT2D eigenvalue weighted by Crippen LogP contribution is -2.36. The van der Waals surface area contributed by atoms with E-state index in [1.165, 1.54) is 0 Å². The van der Waals surface area contributed by atoms with E-state index in [1.54, 1.807) is 0 Å². The van der Waals surface area contributed by atoms with Crippen LogP contribution >= 0.6 is 24.0 Å². The Morgan fingerprint density at radius 2 is 2.00 bits per heavy atom. The summed E-state index contributed by atoms with van der Waals surface area (Å²) in [7, 11) is 0. The fraction of sp³-hybridized carbons (Fsp3) is 0.474. The minimum atomic E-state index is 0. The van der Waals surface area contributed by atoms with E-state index in [0.29, 0.717) is 25.0 Å². The summed E-state index contributed by atoms with van der Waals surface area (Å²) >= 11 is 0. The molecule has 3 aromatic heterocycles. The third-order valence-electron chi connectivity index (χ3n) is 4.52. The van der Waals surface area contributed by atoms with E-state index in [9.17, 15) is 0 Å². The summed E-state index contributed by atoms with van der Waals surface area (Å²) in [4.78, 5) is 4.60. The lowest BCUT2D eigenvalue weighted by molar-refractivity contribution is 0.368. The van der Waals surface area contributed by atoms with Crippen molar-refractivity contribution in [2.45, 2.75) is 52.6 Å². The minimum Gasteiger partial charge on any atom is -0.359 e. The average molecular weight is 497 g/mol. The van der Waals surface area contributed by atoms with E-state index in [4.69, 9.17) is 4.52 Å². The third-order valence-corrected chi connectivity index (χ3v) is 4.52. The lowest BCUT2D eigenvalue weighted by Gasteiger charge is -2.09. The lowest BCUT2D eigenvalue weighted by atomic mass is 9.99. The normalized spacial score (nSPS) is 11.6. The quantitative estimate of drug-likeness (QED) is 0.281. The van der Waals surface area contributed by atoms with Gasteiger partial charge >= 0.3 is 0 Å². The highest BCUT2D eigenvalue weighted by Crippen LogP contribution is 2.22. The molecule has 0 unspecified atom stereocenters. The van der Waals surface area contributed by atoms with Crippen LogP contribution in [0, 0.1) is 0 Å². The van der Waals surface area contributed by atoms with Crippen LogP contribution < -0.4 is 10.6 Å². The number of halogens is 1. The van der Waals surface area contributed by atoms with Gasteiger partial charge in [-0.3, -0.25) is 4.40 Å². The third kappa shape index (κ3) is 5.43. The number of rotatable bonds is 8. The van der Waals surface area contributed by atoms with Crippen molar-refractivity contribution < 1.29 is 4.52 Å². The molecule has 8 nitrogen and oxygen atoms in total. The molecule has 3 rings (SSSR count). The fourth-order valence-corrected chi connectivity index (χ4v) is 2.97. The number of nitrogens with zero attached hydrogens (tertiary/aromatic N) is 5. The van der Waals surface area contributed by atoms with Gasteiger partial charge in [0.05, 0.1) is 12.2 Å². The summed E-state index contributed by atoms with van der Waals surface area (Å²) in [5, 5.41) is 19.1. The maximum atomic E-state index is 5.46. The molecule has 3 aromatic rings. The van der Waals surface area contributed by atoms with E-state index in [-0.39, 0.29) is 24.0 Å². The SMILES string of the molecule is CCNC(=NCc1nnc2ccccn12)NCc1cc(C(CC)CC)no1.I. The van der Waals surface area contributed by atoms with Crippen LogP contribution in [0.15, 0.2) is 40.0 Å². The van der Waals surface area contributed by atoms with Crippen molar-refractivity contribution in [2.24, 2.45) is 4.99 Å². The van der Waals surface area contributed by atoms with Crippen LogP contribution in [0.25, 0.3) is 5.65 Å². The molecule has 0 aliphatic carbocycles. The number of pyridine rings is 1. The maximum Gasteiger partial charge on any atom is 0.192 e. The summed E-state index contributed by atoms with van der Waals surface area (Å²) in [6.07, 6.45) is 4.06. The number of guanidine groups is 1. The Bertz CT molecular complexity index is 885. The van der Waals surface area contributed by atoms with E-state index < -0.39 is 0 Å². The molecule has 28 heavy (non-hydrogen) atoms. The molecule has 0 bridgehead atoms. The molecule has 0 saturated carbocycles. The first-order chi connectivity index (χ1) is 13.2. The Balaban J connectivity index is 0.00000280. The molecule has 0 amide bonds. The van der Waals surface area contributed by atoms with Crippen LogP contribution in [0.1, 0.15) is 56.8 Å². The highest BCUT2D eigenvalue weighted by atomic mass is 127. The number of hydrogen-bond acceptors (Lipinski definition) is 5. The number of aliphatic imine (C=N–C) groups is 1. The van der Waals surface area contributed by atoms with Gasteiger partial charge in [0.25, 0.3) is 0 Å². The first-order valence-corrected chi connectivity index (χ1v) is 9.51. The zero-order valence-corrected chi connectivity index (χ0v) is 18.9. The molecule has 0 fully saturated rings. The highest BCUT2D eigenvalue weighted by Gasteiger charge is 2.13. The second-order valence-electron chi connectivity index (χ2n) is 6.33. The Hall–Kier alpha value is -2.17. The summed E-state index contributed by atoms with van der Waals surface area (Å²) in [6, 6.07) is 7.84. The summed E-state index contributed by atoms with van der Waals surface area (Å²) in [6.45, 7) is 8.09. The van der Waals surface area contributed by atoms with Gasteiger partial charge in [0.15, 0.2) is 23.2 Å². The zero-order chi connectivity index (χ0) is 19.1. The second-order valence-corrected chi connectivity index (χ2v) is 6.33. The first kappa shape index (κ1) is 22.1. The van der Waals surface area contributed by atoms with Crippen molar-refractivity contribution >= 4 is 35.6 Å². The maximum absolute atomic E-state index is 5.46. The van der Waals surface area contributed by atoms with E-state index in [2.05, 4.69) is 44.8 Å². The van der Waals surface area contributed by atoms with Gasteiger partial charge in [-0.15, -0.1) is 34.2 Å². The number of nitrogens with one attached hydrogen (secondary N) is 2. The fourth-order valence-electron chi connectivity index (χ4n) is 2.97. The molecule has 0 spiro atoms. The summed E-state index contributed by atoms with van der Waals surface area (Å²) in [5.74, 6) is 2.74. The van der Waals surface area contributed by atoms with Crippen LogP contribution in [-0.4, -0.2) is 32.3 Å². The van der Waals surface area contributed by atoms with Crippen LogP contribution in [0.5, 0.6) is 0 Å². The van der Waals surface area contributed by atoms with Crippen LogP contribution in [0.4, 0.5) is 0 Å². The summed E-state index contributed by atoms with van der Waals surface area (Å²) < 4.78 is 7.40. The highest BCUT2D eigenvalue weighted by molar-refractivity contribution is 14.0. The van der Waals surface area contributed by atoms with Gasteiger partial charge < -0.3 is 15.2 Å². The zero-order valence-electron chi connectivity index (χ0n) is 16.6. The molecule has 2 N–H and O–H groups in total. The summed E-state index contributed by atoms with van der Waals surface area (Å²) in [5.41, 5.74) is 1.84. The van der Waals surface area contributed by atoms with Crippen molar-refractivity contribution in [2.75, 3.05) is 6.54 Å². The molecule has 0 saturated heterocycles. The molecule has 0 aliphatic heterocycles. The molecule has 0 aromatic carbocycles. The van der Waals surface area contributed by atoms with Crippen molar-refractivity contribution in [1.29, 1.82) is 0 Å². The molecular weight excluding hydrogens is 469 g/mol. The van der Waals surface area contributed by atoms with Crippen molar-refractivity contribution in [1.82, 2.24) is 30.4 Å². The van der Waals surface area contributed by atoms with E-state index in [0.717, 1.165) is 42.3 Å². The van der Waals surface area contributed by atoms with Gasteiger partial charge in [-0.25, -0.2) is 4.99 Å². The van der Waals surface area contributed by atoms with Crippen molar-refractivity contribution in [3.63, 3.8) is 0 Å². The topological polar surface area (TPSA) is 92.6 Å². The van der Waals surface area contributed by atoms with Gasteiger partial charge in [-0.05, 0) is 31.9 Å². The van der Waals surface area contributed by atoms with Gasteiger partial charge in [-0.1, -0.05) is 25.1 Å². The Kier molecular flexibility index (Phi) is 8.68. The Morgan fingerprint density at radius 1 is 1.18 bits per heavy atom. The molecular formula is C19H28IN7O. The molecule has 0 aliphatic rings. The van der Waals surface area contributed by atoms with Crippen molar-refractivity contribution in [3.05, 3.63) is 47.7 Å². The van der Waals surface area contributed by atoms with Gasteiger partial charge in [0, 0.05) is 24.7 Å². The van der Waals surface area contributed by atoms with E-state index in [1.807, 2.05) is 41.8 Å². The monoisotopic (exact) mass is 497 g/mol. The number of aromatic nitrogens is 4. The smallest absolute Gasteiger partial charge is 0.192 e. The standard InChI is InChI=1S/C19H27N7O.HI/c1-4-14(5-2)16-11-15(27-25-16)12-21-19(20-6-3)22-13-18-24-23-17-9-7-8-10-26(17)18;/h7-11,14H,4-6,12-13H2,1-3H3,(H2,20,21,22);1H. The van der Waals surface area contributed by atoms with Gasteiger partial charge in [-0.2, -0.15) is 0 Å². The second kappa shape index (κ2) is 11.0. The van der Waals surface area contributed by atoms with Crippen molar-refractivity contribution in [3.8, 4) is 0 Å². The molecule has 0 radical (unpaired) electrons. The Morgan fingerprint density at radius 3 is 2.75 bits per heavy atom. The van der Waals surface area contributed by atoms with Gasteiger partial charge in [0.1, 0.15) is 6.54 Å². The predicted molar refractivity (Wildman–Crippen MR) is 120 cm³/mol. The number of hydrogen-bond donors (Lipinski definition) is 2. The Labute approximate surface area is 182 Å². The van der Waals surface area contributed by atoms with E-state index >= 15 is 0 Å². The van der Waals surface area contributed by atoms with Gasteiger partial charge in [0.2, 0.25) is 0 Å². The largest absolute Gasteiger partial charge is 0.359 e. The molecule has 3 heterocycles. The minimum absolute atomic E-state index is 0. The first-order valence-electron chi connectivity index (χ1n) is 9.51. The van der Waals surface area contributed by atoms with Crippen LogP contribution in [0.3, 0.4) is 0 Å². The van der Waals surface area contributed by atoms with Crippen LogP contribution in [-0.2, 0) is 13.1 Å². The average Bonchev–Trinajstić information content (AvgIpc) is 3.32. The van der Waals surface area contributed by atoms with Crippen LogP contribution in [0.2, 0.25) is 0 Å². The number of fused-ring (bicyclic) bond motifs is 1. The predicted octanol–water partition coefficient (Wildman–Crippen LogP) is 3.49. The molecule has 9 heteroatoms. The molecule has 152 valence electrons.